The number of ether oxygens (including phenoxy) is 2. The normalized spacial score (nSPS) is 13.2. The number of nitrogens with one attached hydrogen (secondary N) is 1. The van der Waals surface area contributed by atoms with Crippen molar-refractivity contribution in [2.24, 2.45) is 0 Å². The predicted molar refractivity (Wildman–Crippen MR) is 129 cm³/mol. The van der Waals surface area contributed by atoms with E-state index in [0.29, 0.717) is 19.0 Å². The molecule has 32 heavy (non-hydrogen) atoms. The molecule has 0 amide bonds. The lowest BCUT2D eigenvalue weighted by molar-refractivity contribution is 0.246. The lowest BCUT2D eigenvalue weighted by Crippen LogP contribution is -2.11. The maximum atomic E-state index is 12.8. The van der Waals surface area contributed by atoms with E-state index in [2.05, 4.69) is 4.98 Å². The molecule has 2 aromatic heterocycles. The molecular weight excluding hydrogens is 420 g/mol. The van der Waals surface area contributed by atoms with Crippen molar-refractivity contribution in [3.05, 3.63) is 74.9 Å². The molecule has 0 radical (unpaired) electrons. The van der Waals surface area contributed by atoms with E-state index in [9.17, 15) is 4.79 Å². The van der Waals surface area contributed by atoms with Gasteiger partial charge in [-0.2, -0.15) is 0 Å². The van der Waals surface area contributed by atoms with Crippen LogP contribution in [0.25, 0.3) is 21.6 Å². The molecule has 0 fully saturated rings. The van der Waals surface area contributed by atoms with E-state index in [1.165, 1.54) is 16.9 Å². The third-order valence-electron chi connectivity index (χ3n) is 5.86. The number of aryl methyl sites for hydroxylation is 3. The third kappa shape index (κ3) is 4.28. The molecule has 164 valence electrons. The maximum Gasteiger partial charge on any atom is 0.260 e. The van der Waals surface area contributed by atoms with Gasteiger partial charge in [0.15, 0.2) is 0 Å². The predicted octanol–water partition coefficient (Wildman–Crippen LogP) is 5.69. The SMILES string of the molecule is Cc1ccccc1OCCCOc1ccc(-c2nc3sc4c(c3c(=O)[nH]2)CCCC4)cc1. The Kier molecular flexibility index (Phi) is 5.95. The number of aromatic amines is 1. The summed E-state index contributed by atoms with van der Waals surface area (Å²) in [7, 11) is 0. The fourth-order valence-corrected chi connectivity index (χ4v) is 5.42. The van der Waals surface area contributed by atoms with Crippen LogP contribution in [0.3, 0.4) is 0 Å². The van der Waals surface area contributed by atoms with Crippen molar-refractivity contribution in [1.29, 1.82) is 0 Å². The van der Waals surface area contributed by atoms with Gasteiger partial charge in [-0.15, -0.1) is 11.3 Å². The molecule has 2 aromatic carbocycles. The molecule has 0 bridgehead atoms. The minimum atomic E-state index is -0.0293. The number of thiophene rings is 1. The Hall–Kier alpha value is -3.12. The highest BCUT2D eigenvalue weighted by Gasteiger charge is 2.20. The highest BCUT2D eigenvalue weighted by Crippen LogP contribution is 2.34. The molecule has 1 aliphatic carbocycles. The monoisotopic (exact) mass is 446 g/mol. The number of hydrogen-bond acceptors (Lipinski definition) is 5. The Morgan fingerprint density at radius 2 is 1.78 bits per heavy atom. The van der Waals surface area contributed by atoms with Crippen molar-refractivity contribution >= 4 is 21.6 Å². The van der Waals surface area contributed by atoms with E-state index < -0.39 is 0 Å². The van der Waals surface area contributed by atoms with Crippen LogP contribution in [0, 0.1) is 6.92 Å². The number of benzene rings is 2. The average Bonchev–Trinajstić information content (AvgIpc) is 3.19. The molecule has 1 N–H and O–H groups in total. The van der Waals surface area contributed by atoms with E-state index in [-0.39, 0.29) is 5.56 Å². The van der Waals surface area contributed by atoms with Crippen LogP contribution in [0.4, 0.5) is 0 Å². The summed E-state index contributed by atoms with van der Waals surface area (Å²) in [4.78, 5) is 22.7. The topological polar surface area (TPSA) is 64.2 Å². The van der Waals surface area contributed by atoms with Crippen LogP contribution in [0.5, 0.6) is 11.5 Å². The molecule has 5 nitrogen and oxygen atoms in total. The van der Waals surface area contributed by atoms with E-state index in [1.807, 2.05) is 55.5 Å². The Morgan fingerprint density at radius 3 is 2.62 bits per heavy atom. The van der Waals surface area contributed by atoms with Crippen molar-refractivity contribution in [1.82, 2.24) is 9.97 Å². The maximum absolute atomic E-state index is 12.8. The summed E-state index contributed by atoms with van der Waals surface area (Å²) in [6, 6.07) is 15.7. The van der Waals surface area contributed by atoms with Crippen LogP contribution >= 0.6 is 11.3 Å². The molecule has 5 rings (SSSR count). The van der Waals surface area contributed by atoms with Gasteiger partial charge < -0.3 is 14.5 Å². The molecule has 4 aromatic rings. The summed E-state index contributed by atoms with van der Waals surface area (Å²) in [6.45, 7) is 3.23. The van der Waals surface area contributed by atoms with Crippen LogP contribution < -0.4 is 15.0 Å². The van der Waals surface area contributed by atoms with Crippen LogP contribution in [0.1, 0.15) is 35.3 Å². The molecule has 1 aliphatic rings. The van der Waals surface area contributed by atoms with E-state index in [4.69, 9.17) is 14.5 Å². The van der Waals surface area contributed by atoms with Gasteiger partial charge >= 0.3 is 0 Å². The highest BCUT2D eigenvalue weighted by atomic mass is 32.1. The number of nitrogens with zero attached hydrogens (tertiary/aromatic N) is 1. The number of rotatable bonds is 7. The Labute approximate surface area is 191 Å². The summed E-state index contributed by atoms with van der Waals surface area (Å²) in [5.41, 5.74) is 3.20. The molecule has 0 spiro atoms. The van der Waals surface area contributed by atoms with Crippen molar-refractivity contribution in [2.45, 2.75) is 39.0 Å². The first-order chi connectivity index (χ1) is 15.7. The van der Waals surface area contributed by atoms with Gasteiger partial charge in [-0.3, -0.25) is 4.79 Å². The molecule has 6 heteroatoms. The van der Waals surface area contributed by atoms with Gasteiger partial charge in [0.2, 0.25) is 0 Å². The first-order valence-electron chi connectivity index (χ1n) is 11.2. The quantitative estimate of drug-likeness (QED) is 0.371. The second-order valence-corrected chi connectivity index (χ2v) is 9.23. The van der Waals surface area contributed by atoms with Crippen LogP contribution in [0.15, 0.2) is 53.3 Å². The molecule has 0 unspecified atom stereocenters. The lowest BCUT2D eigenvalue weighted by atomic mass is 9.97. The van der Waals surface area contributed by atoms with Gasteiger partial charge in [-0.05, 0) is 74.1 Å². The summed E-state index contributed by atoms with van der Waals surface area (Å²) in [5, 5.41) is 0.793. The number of H-pyrrole nitrogens is 1. The Morgan fingerprint density at radius 1 is 1.00 bits per heavy atom. The fraction of sp³-hybridized carbons (Fsp3) is 0.308. The first-order valence-corrected chi connectivity index (χ1v) is 12.0. The molecule has 0 atom stereocenters. The van der Waals surface area contributed by atoms with Crippen LogP contribution in [-0.4, -0.2) is 23.2 Å². The van der Waals surface area contributed by atoms with Gasteiger partial charge in [0.25, 0.3) is 5.56 Å². The summed E-state index contributed by atoms with van der Waals surface area (Å²) < 4.78 is 11.7. The van der Waals surface area contributed by atoms with Crippen molar-refractivity contribution in [3.63, 3.8) is 0 Å². The lowest BCUT2D eigenvalue weighted by Gasteiger charge is -2.10. The number of para-hydroxylation sites is 1. The Bertz CT molecular complexity index is 1290. The van der Waals surface area contributed by atoms with E-state index >= 15 is 0 Å². The second kappa shape index (κ2) is 9.17. The molecular formula is C26H26N2O3S. The number of hydrogen-bond donors (Lipinski definition) is 1. The van der Waals surface area contributed by atoms with Gasteiger partial charge in [-0.1, -0.05) is 18.2 Å². The Balaban J connectivity index is 1.21. The molecule has 0 saturated heterocycles. The second-order valence-electron chi connectivity index (χ2n) is 8.15. The standard InChI is InChI=1S/C26H26N2O3S/c1-17-7-2-4-9-21(17)31-16-6-15-30-19-13-11-18(12-14-19)24-27-25(29)23-20-8-3-5-10-22(20)32-26(23)28-24/h2,4,7,9,11-14H,3,5-6,8,10,15-16H2,1H3,(H,27,28,29). The zero-order chi connectivity index (χ0) is 21.9. The number of fused-ring (bicyclic) bond motifs is 3. The van der Waals surface area contributed by atoms with Gasteiger partial charge in [-0.25, -0.2) is 4.98 Å². The minimum Gasteiger partial charge on any atom is -0.493 e. The minimum absolute atomic E-state index is 0.0293. The van der Waals surface area contributed by atoms with Crippen molar-refractivity contribution < 1.29 is 9.47 Å². The summed E-state index contributed by atoms with van der Waals surface area (Å²) in [6.07, 6.45) is 5.20. The smallest absolute Gasteiger partial charge is 0.260 e. The van der Waals surface area contributed by atoms with Crippen LogP contribution in [-0.2, 0) is 12.8 Å². The molecule has 0 aliphatic heterocycles. The van der Waals surface area contributed by atoms with Crippen molar-refractivity contribution in [3.8, 4) is 22.9 Å². The molecule has 0 saturated carbocycles. The van der Waals surface area contributed by atoms with Crippen molar-refractivity contribution in [2.75, 3.05) is 13.2 Å². The van der Waals surface area contributed by atoms with Crippen LogP contribution in [0.2, 0.25) is 0 Å². The van der Waals surface area contributed by atoms with E-state index in [0.717, 1.165) is 58.5 Å². The zero-order valence-corrected chi connectivity index (χ0v) is 19.0. The van der Waals surface area contributed by atoms with Gasteiger partial charge in [0.1, 0.15) is 22.2 Å². The molecule has 2 heterocycles. The van der Waals surface area contributed by atoms with Gasteiger partial charge in [0.05, 0.1) is 18.6 Å². The van der Waals surface area contributed by atoms with E-state index in [1.54, 1.807) is 11.3 Å². The first kappa shape index (κ1) is 20.8. The third-order valence-corrected chi connectivity index (χ3v) is 7.05. The number of aromatic nitrogens is 2. The summed E-state index contributed by atoms with van der Waals surface area (Å²) >= 11 is 1.67. The average molecular weight is 447 g/mol. The van der Waals surface area contributed by atoms with Gasteiger partial charge in [0, 0.05) is 16.9 Å². The summed E-state index contributed by atoms with van der Waals surface area (Å²) in [5.74, 6) is 2.32. The largest absolute Gasteiger partial charge is 0.493 e. The highest BCUT2D eigenvalue weighted by molar-refractivity contribution is 7.18. The zero-order valence-electron chi connectivity index (χ0n) is 18.1. The fourth-order valence-electron chi connectivity index (χ4n) is 4.16.